The lowest BCUT2D eigenvalue weighted by Gasteiger charge is -2.07. The molecule has 0 aliphatic carbocycles. The quantitative estimate of drug-likeness (QED) is 0.910. The molecule has 2 rings (SSSR count). The van der Waals surface area contributed by atoms with Gasteiger partial charge in [-0.3, -0.25) is 4.98 Å². The molecule has 88 valence electrons. The second-order valence-electron chi connectivity index (χ2n) is 3.82. The topological polar surface area (TPSA) is 45.2 Å². The lowest BCUT2D eigenvalue weighted by molar-refractivity contribution is 0.471. The Balaban J connectivity index is 2.02. The summed E-state index contributed by atoms with van der Waals surface area (Å²) in [5, 5.41) is 12.8. The summed E-state index contributed by atoms with van der Waals surface area (Å²) in [5.74, 6) is 0.304. The number of nitrogens with one attached hydrogen (secondary N) is 1. The fourth-order valence-electron chi connectivity index (χ4n) is 1.42. The summed E-state index contributed by atoms with van der Waals surface area (Å²) < 4.78 is 0.967. The molecule has 0 saturated carbocycles. The van der Waals surface area contributed by atoms with Crippen LogP contribution in [-0.4, -0.2) is 10.1 Å². The van der Waals surface area contributed by atoms with E-state index in [-0.39, 0.29) is 0 Å². The van der Waals surface area contributed by atoms with Crippen molar-refractivity contribution in [3.63, 3.8) is 0 Å². The van der Waals surface area contributed by atoms with E-state index in [9.17, 15) is 5.11 Å². The van der Waals surface area contributed by atoms with E-state index < -0.39 is 0 Å². The fraction of sp³-hybridized carbons (Fsp3) is 0.154. The van der Waals surface area contributed by atoms with E-state index in [4.69, 9.17) is 0 Å². The van der Waals surface area contributed by atoms with Crippen LogP contribution in [0.4, 0.5) is 5.69 Å². The second-order valence-corrected chi connectivity index (χ2v) is 4.74. The third-order valence-corrected chi connectivity index (χ3v) is 2.94. The lowest BCUT2D eigenvalue weighted by Crippen LogP contribution is -2.01. The molecule has 3 nitrogen and oxygen atoms in total. The molecule has 0 spiro atoms. The van der Waals surface area contributed by atoms with Crippen molar-refractivity contribution in [2.75, 3.05) is 5.32 Å². The largest absolute Gasteiger partial charge is 0.508 e. The lowest BCUT2D eigenvalue weighted by atomic mass is 10.2. The van der Waals surface area contributed by atoms with E-state index in [1.165, 1.54) is 0 Å². The Kier molecular flexibility index (Phi) is 3.64. The highest BCUT2D eigenvalue weighted by Crippen LogP contribution is 2.21. The standard InChI is InChI=1S/C13H13BrN2O/c1-9-2-4-11(6-13(9)17)16-8-12-5-3-10(14)7-15-12/h2-7,16-17H,8H2,1H3. The van der Waals surface area contributed by atoms with Crippen molar-refractivity contribution < 1.29 is 5.11 Å². The van der Waals surface area contributed by atoms with Crippen molar-refractivity contribution in [3.8, 4) is 5.75 Å². The van der Waals surface area contributed by atoms with E-state index in [0.717, 1.165) is 21.4 Å². The molecular formula is C13H13BrN2O. The molecule has 4 heteroatoms. The van der Waals surface area contributed by atoms with Gasteiger partial charge < -0.3 is 10.4 Å². The van der Waals surface area contributed by atoms with Crippen LogP contribution in [0.25, 0.3) is 0 Å². The zero-order valence-electron chi connectivity index (χ0n) is 9.44. The summed E-state index contributed by atoms with van der Waals surface area (Å²) in [5.41, 5.74) is 2.71. The number of aromatic nitrogens is 1. The summed E-state index contributed by atoms with van der Waals surface area (Å²) in [7, 11) is 0. The predicted octanol–water partition coefficient (Wildman–Crippen LogP) is 3.47. The average molecular weight is 293 g/mol. The number of phenolic OH excluding ortho intramolecular Hbond substituents is 1. The molecule has 0 aliphatic heterocycles. The molecule has 2 N–H and O–H groups in total. The summed E-state index contributed by atoms with van der Waals surface area (Å²) in [6, 6.07) is 9.44. The summed E-state index contributed by atoms with van der Waals surface area (Å²) >= 11 is 3.34. The number of anilines is 1. The van der Waals surface area contributed by atoms with Gasteiger partial charge in [-0.25, -0.2) is 0 Å². The third-order valence-electron chi connectivity index (χ3n) is 2.47. The number of halogens is 1. The van der Waals surface area contributed by atoms with Crippen LogP contribution < -0.4 is 5.32 Å². The van der Waals surface area contributed by atoms with Crippen molar-refractivity contribution in [2.45, 2.75) is 13.5 Å². The smallest absolute Gasteiger partial charge is 0.120 e. The SMILES string of the molecule is Cc1ccc(NCc2ccc(Br)cn2)cc1O. The number of aryl methyl sites for hydroxylation is 1. The Hall–Kier alpha value is -1.55. The van der Waals surface area contributed by atoms with Gasteiger partial charge in [0.25, 0.3) is 0 Å². The normalized spacial score (nSPS) is 10.2. The molecule has 1 heterocycles. The van der Waals surface area contributed by atoms with Crippen molar-refractivity contribution in [1.82, 2.24) is 4.98 Å². The molecule has 0 radical (unpaired) electrons. The molecule has 0 unspecified atom stereocenters. The van der Waals surface area contributed by atoms with Gasteiger partial charge in [0.15, 0.2) is 0 Å². The number of nitrogens with zero attached hydrogens (tertiary/aromatic N) is 1. The highest BCUT2D eigenvalue weighted by Gasteiger charge is 1.99. The number of hydrogen-bond acceptors (Lipinski definition) is 3. The molecule has 1 aromatic carbocycles. The maximum Gasteiger partial charge on any atom is 0.120 e. The summed E-state index contributed by atoms with van der Waals surface area (Å²) in [6.07, 6.45) is 1.77. The van der Waals surface area contributed by atoms with Gasteiger partial charge in [-0.2, -0.15) is 0 Å². The zero-order valence-corrected chi connectivity index (χ0v) is 11.0. The van der Waals surface area contributed by atoms with Gasteiger partial charge in [-0.1, -0.05) is 6.07 Å². The maximum atomic E-state index is 9.57. The van der Waals surface area contributed by atoms with E-state index >= 15 is 0 Å². The minimum atomic E-state index is 0.304. The molecule has 17 heavy (non-hydrogen) atoms. The minimum Gasteiger partial charge on any atom is -0.508 e. The van der Waals surface area contributed by atoms with Gasteiger partial charge in [-0.05, 0) is 46.6 Å². The molecule has 2 aromatic rings. The van der Waals surface area contributed by atoms with Crippen LogP contribution in [0.2, 0.25) is 0 Å². The van der Waals surface area contributed by atoms with Crippen molar-refractivity contribution in [3.05, 3.63) is 52.3 Å². The summed E-state index contributed by atoms with van der Waals surface area (Å²) in [6.45, 7) is 2.51. The van der Waals surface area contributed by atoms with Gasteiger partial charge in [0.05, 0.1) is 12.2 Å². The van der Waals surface area contributed by atoms with Crippen molar-refractivity contribution in [2.24, 2.45) is 0 Å². The Morgan fingerprint density at radius 2 is 2.12 bits per heavy atom. The Bertz CT molecular complexity index is 511. The highest BCUT2D eigenvalue weighted by molar-refractivity contribution is 9.10. The fourth-order valence-corrected chi connectivity index (χ4v) is 1.66. The second kappa shape index (κ2) is 5.19. The van der Waals surface area contributed by atoms with Crippen LogP contribution in [0.5, 0.6) is 5.75 Å². The van der Waals surface area contributed by atoms with E-state index in [2.05, 4.69) is 26.2 Å². The minimum absolute atomic E-state index is 0.304. The van der Waals surface area contributed by atoms with Crippen LogP contribution in [0.15, 0.2) is 41.0 Å². The van der Waals surface area contributed by atoms with Crippen molar-refractivity contribution in [1.29, 1.82) is 0 Å². The monoisotopic (exact) mass is 292 g/mol. The van der Waals surface area contributed by atoms with Gasteiger partial charge in [-0.15, -0.1) is 0 Å². The first kappa shape index (κ1) is 11.9. The Morgan fingerprint density at radius 1 is 1.29 bits per heavy atom. The van der Waals surface area contributed by atoms with Crippen LogP contribution in [0, 0.1) is 6.92 Å². The summed E-state index contributed by atoms with van der Waals surface area (Å²) in [4.78, 5) is 4.26. The first-order valence-corrected chi connectivity index (χ1v) is 6.08. The van der Waals surface area contributed by atoms with E-state index in [1.807, 2.05) is 31.2 Å². The number of rotatable bonds is 3. The average Bonchev–Trinajstić information content (AvgIpc) is 2.33. The number of hydrogen-bond donors (Lipinski definition) is 2. The third kappa shape index (κ3) is 3.20. The highest BCUT2D eigenvalue weighted by atomic mass is 79.9. The molecule has 0 aliphatic rings. The first-order valence-electron chi connectivity index (χ1n) is 5.29. The first-order chi connectivity index (χ1) is 8.15. The van der Waals surface area contributed by atoms with Crippen LogP contribution in [-0.2, 0) is 6.54 Å². The number of pyridine rings is 1. The van der Waals surface area contributed by atoms with Gasteiger partial charge in [0.1, 0.15) is 5.75 Å². The molecule has 0 bridgehead atoms. The van der Waals surface area contributed by atoms with E-state index in [1.54, 1.807) is 12.3 Å². The van der Waals surface area contributed by atoms with Gasteiger partial charge in [0.2, 0.25) is 0 Å². The predicted molar refractivity (Wildman–Crippen MR) is 72.1 cm³/mol. The van der Waals surface area contributed by atoms with E-state index in [0.29, 0.717) is 12.3 Å². The van der Waals surface area contributed by atoms with Crippen LogP contribution in [0.1, 0.15) is 11.3 Å². The Labute approximate surface area is 109 Å². The van der Waals surface area contributed by atoms with Gasteiger partial charge in [0, 0.05) is 22.4 Å². The van der Waals surface area contributed by atoms with Crippen LogP contribution in [0.3, 0.4) is 0 Å². The molecule has 0 amide bonds. The van der Waals surface area contributed by atoms with Crippen LogP contribution >= 0.6 is 15.9 Å². The molecule has 1 aromatic heterocycles. The molecule has 0 saturated heterocycles. The number of aromatic hydroxyl groups is 1. The maximum absolute atomic E-state index is 9.57. The molecule has 0 fully saturated rings. The van der Waals surface area contributed by atoms with Crippen molar-refractivity contribution >= 4 is 21.6 Å². The Morgan fingerprint density at radius 3 is 2.76 bits per heavy atom. The zero-order chi connectivity index (χ0) is 12.3. The number of phenols is 1. The van der Waals surface area contributed by atoms with Gasteiger partial charge >= 0.3 is 0 Å². The molecular weight excluding hydrogens is 280 g/mol. The molecule has 0 atom stereocenters. The number of benzene rings is 1.